The number of aldehydes is 1. The van der Waals surface area contributed by atoms with Crippen LogP contribution in [0.15, 0.2) is 42.7 Å². The molecule has 0 bridgehead atoms. The average molecular weight is 313 g/mol. The van der Waals surface area contributed by atoms with Crippen LogP contribution in [0.2, 0.25) is 5.02 Å². The number of Topliss-reactive ketones (excluding diaryl/α,β-unsaturated/α-hetero) is 1. The first-order valence-corrected chi connectivity index (χ1v) is 7.16. The molecule has 0 saturated carbocycles. The first kappa shape index (κ1) is 14.5. The van der Waals surface area contributed by atoms with Crippen molar-refractivity contribution in [2.24, 2.45) is 0 Å². The van der Waals surface area contributed by atoms with Crippen molar-refractivity contribution in [1.82, 2.24) is 9.55 Å². The Hall–Kier alpha value is -2.46. The number of carbonyl (C=O) groups is 2. The first-order valence-electron chi connectivity index (χ1n) is 6.78. The van der Waals surface area contributed by atoms with E-state index in [1.165, 1.54) is 0 Å². The van der Waals surface area contributed by atoms with Crippen molar-refractivity contribution in [2.45, 2.75) is 13.5 Å². The van der Waals surface area contributed by atoms with Gasteiger partial charge < -0.3 is 4.57 Å². The summed E-state index contributed by atoms with van der Waals surface area (Å²) >= 11 is 6.00. The zero-order valence-electron chi connectivity index (χ0n) is 11.9. The summed E-state index contributed by atoms with van der Waals surface area (Å²) in [5.41, 5.74) is 2.14. The van der Waals surface area contributed by atoms with Gasteiger partial charge in [-0.05, 0) is 18.6 Å². The zero-order valence-corrected chi connectivity index (χ0v) is 12.7. The molecule has 110 valence electrons. The molecular weight excluding hydrogens is 300 g/mol. The maximum absolute atomic E-state index is 12.0. The SMILES string of the molecule is Cc1ncc(Cl)cc1Cn1cc2ccccc2c1C(=O)C=O. The number of pyridine rings is 1. The van der Waals surface area contributed by atoms with Gasteiger partial charge in [-0.3, -0.25) is 14.6 Å². The Morgan fingerprint density at radius 1 is 1.36 bits per heavy atom. The summed E-state index contributed by atoms with van der Waals surface area (Å²) in [5.74, 6) is -0.533. The highest BCUT2D eigenvalue weighted by Gasteiger charge is 2.16. The summed E-state index contributed by atoms with van der Waals surface area (Å²) in [6.45, 7) is 2.32. The van der Waals surface area contributed by atoms with E-state index in [4.69, 9.17) is 11.6 Å². The number of nitrogens with zero attached hydrogens (tertiary/aromatic N) is 2. The van der Waals surface area contributed by atoms with Crippen molar-refractivity contribution in [2.75, 3.05) is 0 Å². The van der Waals surface area contributed by atoms with E-state index in [-0.39, 0.29) is 0 Å². The van der Waals surface area contributed by atoms with Gasteiger partial charge >= 0.3 is 0 Å². The molecule has 3 rings (SSSR count). The minimum atomic E-state index is -0.533. The molecule has 5 heteroatoms. The second-order valence-electron chi connectivity index (χ2n) is 5.07. The molecule has 1 aromatic carbocycles. The molecule has 0 spiro atoms. The molecule has 0 amide bonds. The number of fused-ring (bicyclic) bond motifs is 1. The van der Waals surface area contributed by atoms with Crippen LogP contribution in [0.5, 0.6) is 0 Å². The molecule has 2 aromatic heterocycles. The largest absolute Gasteiger partial charge is 0.339 e. The van der Waals surface area contributed by atoms with Crippen molar-refractivity contribution in [1.29, 1.82) is 0 Å². The number of aromatic nitrogens is 2. The summed E-state index contributed by atoms with van der Waals surface area (Å²) in [6.07, 6.45) is 3.80. The van der Waals surface area contributed by atoms with Gasteiger partial charge in [0.25, 0.3) is 0 Å². The van der Waals surface area contributed by atoms with Crippen molar-refractivity contribution in [3.63, 3.8) is 0 Å². The fourth-order valence-corrected chi connectivity index (χ4v) is 2.74. The first-order chi connectivity index (χ1) is 10.6. The standard InChI is InChI=1S/C17H13ClN2O2/c1-11-13(6-14(18)7-19-11)9-20-8-12-4-2-3-5-15(12)17(20)16(22)10-21/h2-8,10H,9H2,1H3. The molecule has 0 radical (unpaired) electrons. The zero-order chi connectivity index (χ0) is 15.7. The van der Waals surface area contributed by atoms with Gasteiger partial charge in [0.2, 0.25) is 5.78 Å². The van der Waals surface area contributed by atoms with Gasteiger partial charge in [-0.1, -0.05) is 35.9 Å². The topological polar surface area (TPSA) is 52.0 Å². The summed E-state index contributed by atoms with van der Waals surface area (Å²) in [4.78, 5) is 27.2. The molecule has 0 N–H and O–H groups in total. The Bertz CT molecular complexity index is 883. The van der Waals surface area contributed by atoms with Crippen LogP contribution in [0, 0.1) is 6.92 Å². The predicted molar refractivity (Wildman–Crippen MR) is 85.4 cm³/mol. The lowest BCUT2D eigenvalue weighted by Gasteiger charge is -2.09. The molecule has 0 aliphatic carbocycles. The third-order valence-corrected chi connectivity index (χ3v) is 3.84. The number of carbonyl (C=O) groups excluding carboxylic acids is 2. The second kappa shape index (κ2) is 5.73. The molecule has 4 nitrogen and oxygen atoms in total. The highest BCUT2D eigenvalue weighted by atomic mass is 35.5. The van der Waals surface area contributed by atoms with Crippen LogP contribution in [-0.4, -0.2) is 21.6 Å². The molecule has 0 atom stereocenters. The summed E-state index contributed by atoms with van der Waals surface area (Å²) < 4.78 is 1.78. The highest BCUT2D eigenvalue weighted by Crippen LogP contribution is 2.23. The number of halogens is 1. The van der Waals surface area contributed by atoms with E-state index in [0.29, 0.717) is 23.5 Å². The van der Waals surface area contributed by atoms with Gasteiger partial charge in [-0.2, -0.15) is 0 Å². The third-order valence-electron chi connectivity index (χ3n) is 3.64. The van der Waals surface area contributed by atoms with E-state index in [1.807, 2.05) is 43.5 Å². The van der Waals surface area contributed by atoms with E-state index < -0.39 is 5.78 Å². The molecule has 2 heterocycles. The fraction of sp³-hybridized carbons (Fsp3) is 0.118. The summed E-state index contributed by atoms with van der Waals surface area (Å²) in [7, 11) is 0. The van der Waals surface area contributed by atoms with E-state index in [0.717, 1.165) is 22.0 Å². The van der Waals surface area contributed by atoms with Crippen molar-refractivity contribution in [3.8, 4) is 0 Å². The van der Waals surface area contributed by atoms with Crippen LogP contribution in [0.4, 0.5) is 0 Å². The number of benzene rings is 1. The Morgan fingerprint density at radius 2 is 2.14 bits per heavy atom. The predicted octanol–water partition coefficient (Wildman–Crippen LogP) is 3.43. The second-order valence-corrected chi connectivity index (χ2v) is 5.51. The number of hydrogen-bond donors (Lipinski definition) is 0. The van der Waals surface area contributed by atoms with Crippen LogP contribution in [0.1, 0.15) is 21.7 Å². The molecule has 22 heavy (non-hydrogen) atoms. The van der Waals surface area contributed by atoms with Gasteiger partial charge in [0, 0.05) is 35.4 Å². The maximum Gasteiger partial charge on any atom is 0.242 e. The number of hydrogen-bond acceptors (Lipinski definition) is 3. The summed E-state index contributed by atoms with van der Waals surface area (Å²) in [5, 5.41) is 2.23. The molecular formula is C17H13ClN2O2. The quantitative estimate of drug-likeness (QED) is 0.421. The van der Waals surface area contributed by atoms with Crippen LogP contribution in [-0.2, 0) is 11.3 Å². The van der Waals surface area contributed by atoms with E-state index in [2.05, 4.69) is 4.98 Å². The van der Waals surface area contributed by atoms with Crippen LogP contribution >= 0.6 is 11.6 Å². The number of aryl methyl sites for hydroxylation is 1. The van der Waals surface area contributed by atoms with E-state index in [1.54, 1.807) is 10.8 Å². The number of ketones is 1. The smallest absolute Gasteiger partial charge is 0.242 e. The van der Waals surface area contributed by atoms with E-state index >= 15 is 0 Å². The van der Waals surface area contributed by atoms with E-state index in [9.17, 15) is 9.59 Å². The van der Waals surface area contributed by atoms with Gasteiger partial charge in [0.1, 0.15) is 5.69 Å². The van der Waals surface area contributed by atoms with Gasteiger partial charge in [0.15, 0.2) is 6.29 Å². The lowest BCUT2D eigenvalue weighted by molar-refractivity contribution is -0.104. The van der Waals surface area contributed by atoms with Gasteiger partial charge in [-0.25, -0.2) is 0 Å². The minimum absolute atomic E-state index is 0.349. The summed E-state index contributed by atoms with van der Waals surface area (Å²) in [6, 6.07) is 9.32. The Balaban J connectivity index is 2.16. The Labute approximate surface area is 132 Å². The van der Waals surface area contributed by atoms with Crippen LogP contribution < -0.4 is 0 Å². The van der Waals surface area contributed by atoms with Crippen LogP contribution in [0.3, 0.4) is 0 Å². The lowest BCUT2D eigenvalue weighted by atomic mass is 10.1. The highest BCUT2D eigenvalue weighted by molar-refractivity contribution is 6.35. The molecule has 0 fully saturated rings. The average Bonchev–Trinajstić information content (AvgIpc) is 2.88. The third kappa shape index (κ3) is 2.53. The van der Waals surface area contributed by atoms with Gasteiger partial charge in [0.05, 0.1) is 5.02 Å². The normalized spacial score (nSPS) is 10.8. The molecule has 0 saturated heterocycles. The Morgan fingerprint density at radius 3 is 2.91 bits per heavy atom. The van der Waals surface area contributed by atoms with Gasteiger partial charge in [-0.15, -0.1) is 0 Å². The molecule has 0 aliphatic rings. The Kier molecular flexibility index (Phi) is 3.77. The van der Waals surface area contributed by atoms with Crippen molar-refractivity contribution in [3.05, 3.63) is 64.7 Å². The maximum atomic E-state index is 12.0. The minimum Gasteiger partial charge on any atom is -0.339 e. The molecule has 0 aliphatic heterocycles. The van der Waals surface area contributed by atoms with Crippen molar-refractivity contribution < 1.29 is 9.59 Å². The molecule has 0 unspecified atom stereocenters. The lowest BCUT2D eigenvalue weighted by Crippen LogP contribution is -2.11. The fourth-order valence-electron chi connectivity index (χ4n) is 2.56. The van der Waals surface area contributed by atoms with Crippen molar-refractivity contribution >= 4 is 34.4 Å². The molecule has 3 aromatic rings. The number of rotatable bonds is 4. The van der Waals surface area contributed by atoms with Crippen LogP contribution in [0.25, 0.3) is 10.8 Å². The monoisotopic (exact) mass is 312 g/mol.